The summed E-state index contributed by atoms with van der Waals surface area (Å²) in [7, 11) is 0. The molecule has 1 aromatic rings. The second kappa shape index (κ2) is 4.34. The van der Waals surface area contributed by atoms with E-state index in [1.807, 2.05) is 12.1 Å². The Balaban J connectivity index is 1.84. The highest BCUT2D eigenvalue weighted by Gasteiger charge is 2.54. The Morgan fingerprint density at radius 3 is 2.33 bits per heavy atom. The Bertz CT molecular complexity index is 426. The molecular formula is C16H22FN. The number of hydrogen-bond acceptors (Lipinski definition) is 1. The molecule has 0 unspecified atom stereocenters. The first-order valence-corrected chi connectivity index (χ1v) is 7.15. The highest BCUT2D eigenvalue weighted by Crippen LogP contribution is 2.61. The first-order chi connectivity index (χ1) is 8.70. The molecule has 2 N–H and O–H groups in total. The van der Waals surface area contributed by atoms with Crippen LogP contribution in [0, 0.1) is 11.2 Å². The first-order valence-electron chi connectivity index (χ1n) is 7.15. The van der Waals surface area contributed by atoms with Gasteiger partial charge in [0.2, 0.25) is 0 Å². The van der Waals surface area contributed by atoms with E-state index in [-0.39, 0.29) is 11.2 Å². The molecule has 0 radical (unpaired) electrons. The Kier molecular flexibility index (Phi) is 2.93. The summed E-state index contributed by atoms with van der Waals surface area (Å²) in [4.78, 5) is 0. The van der Waals surface area contributed by atoms with Crippen molar-refractivity contribution < 1.29 is 4.39 Å². The average Bonchev–Trinajstić information content (AvgIpc) is 2.37. The van der Waals surface area contributed by atoms with Gasteiger partial charge in [0.05, 0.1) is 0 Å². The SMILES string of the molecule is NCC1(c2ccccc2F)CC2(CCCCC2)C1. The topological polar surface area (TPSA) is 26.0 Å². The van der Waals surface area contributed by atoms with Crippen molar-refractivity contribution in [3.63, 3.8) is 0 Å². The highest BCUT2D eigenvalue weighted by molar-refractivity contribution is 5.32. The number of halogens is 1. The maximum atomic E-state index is 14.0. The minimum Gasteiger partial charge on any atom is -0.330 e. The van der Waals surface area contributed by atoms with E-state index in [1.54, 1.807) is 12.1 Å². The third-order valence-electron chi connectivity index (χ3n) is 5.18. The predicted molar refractivity (Wildman–Crippen MR) is 71.9 cm³/mol. The van der Waals surface area contributed by atoms with E-state index < -0.39 is 0 Å². The smallest absolute Gasteiger partial charge is 0.127 e. The van der Waals surface area contributed by atoms with Crippen LogP contribution in [0.2, 0.25) is 0 Å². The Hall–Kier alpha value is -0.890. The zero-order valence-electron chi connectivity index (χ0n) is 10.9. The summed E-state index contributed by atoms with van der Waals surface area (Å²) in [5.41, 5.74) is 7.25. The summed E-state index contributed by atoms with van der Waals surface area (Å²) < 4.78 is 14.0. The molecule has 0 bridgehead atoms. The van der Waals surface area contributed by atoms with Crippen molar-refractivity contribution in [1.29, 1.82) is 0 Å². The maximum Gasteiger partial charge on any atom is 0.127 e. The summed E-state index contributed by atoms with van der Waals surface area (Å²) in [6.07, 6.45) is 8.90. The Labute approximate surface area is 109 Å². The van der Waals surface area contributed by atoms with Gasteiger partial charge >= 0.3 is 0 Å². The Morgan fingerprint density at radius 2 is 1.72 bits per heavy atom. The molecule has 3 rings (SSSR count). The molecule has 1 nitrogen and oxygen atoms in total. The second-order valence-corrected chi connectivity index (χ2v) is 6.38. The van der Waals surface area contributed by atoms with E-state index >= 15 is 0 Å². The normalized spacial score (nSPS) is 24.8. The third kappa shape index (κ3) is 1.78. The molecule has 2 fully saturated rings. The molecule has 18 heavy (non-hydrogen) atoms. The molecule has 2 aliphatic rings. The van der Waals surface area contributed by atoms with Gasteiger partial charge in [-0.2, -0.15) is 0 Å². The molecule has 0 aromatic heterocycles. The van der Waals surface area contributed by atoms with Crippen LogP contribution in [0.25, 0.3) is 0 Å². The summed E-state index contributed by atoms with van der Waals surface area (Å²) >= 11 is 0. The third-order valence-corrected chi connectivity index (χ3v) is 5.18. The summed E-state index contributed by atoms with van der Waals surface area (Å²) in [5.74, 6) is -0.0754. The lowest BCUT2D eigenvalue weighted by Gasteiger charge is -2.58. The van der Waals surface area contributed by atoms with Gasteiger partial charge in [0.25, 0.3) is 0 Å². The summed E-state index contributed by atoms with van der Waals surface area (Å²) in [5, 5.41) is 0. The second-order valence-electron chi connectivity index (χ2n) is 6.38. The van der Waals surface area contributed by atoms with Gasteiger partial charge in [-0.15, -0.1) is 0 Å². The zero-order chi connectivity index (χ0) is 12.6. The van der Waals surface area contributed by atoms with Crippen LogP contribution in [0.5, 0.6) is 0 Å². The van der Waals surface area contributed by atoms with Gasteiger partial charge in [-0.05, 0) is 42.7 Å². The van der Waals surface area contributed by atoms with Crippen LogP contribution in [0.3, 0.4) is 0 Å². The molecule has 0 amide bonds. The Morgan fingerprint density at radius 1 is 1.06 bits per heavy atom. The van der Waals surface area contributed by atoms with Gasteiger partial charge < -0.3 is 5.73 Å². The molecule has 0 heterocycles. The lowest BCUT2D eigenvalue weighted by atomic mass is 9.46. The minimum atomic E-state index is -0.0807. The van der Waals surface area contributed by atoms with E-state index in [2.05, 4.69) is 0 Å². The van der Waals surface area contributed by atoms with Crippen LogP contribution < -0.4 is 5.73 Å². The van der Waals surface area contributed by atoms with Crippen LogP contribution in [-0.4, -0.2) is 6.54 Å². The van der Waals surface area contributed by atoms with Gasteiger partial charge in [0.1, 0.15) is 5.82 Å². The van der Waals surface area contributed by atoms with Crippen molar-refractivity contribution >= 4 is 0 Å². The van der Waals surface area contributed by atoms with Gasteiger partial charge in [-0.3, -0.25) is 0 Å². The summed E-state index contributed by atoms with van der Waals surface area (Å²) in [6, 6.07) is 7.19. The molecule has 0 saturated heterocycles. The lowest BCUT2D eigenvalue weighted by Crippen LogP contribution is -2.54. The van der Waals surface area contributed by atoms with Crippen molar-refractivity contribution in [1.82, 2.24) is 0 Å². The van der Waals surface area contributed by atoms with Crippen LogP contribution in [0.1, 0.15) is 50.5 Å². The lowest BCUT2D eigenvalue weighted by molar-refractivity contribution is -0.0101. The molecule has 2 heteroatoms. The van der Waals surface area contributed by atoms with E-state index in [0.29, 0.717) is 12.0 Å². The van der Waals surface area contributed by atoms with Crippen molar-refractivity contribution in [2.45, 2.75) is 50.4 Å². The van der Waals surface area contributed by atoms with Gasteiger partial charge in [0.15, 0.2) is 0 Å². The highest BCUT2D eigenvalue weighted by atomic mass is 19.1. The van der Waals surface area contributed by atoms with Crippen molar-refractivity contribution in [2.75, 3.05) is 6.54 Å². The van der Waals surface area contributed by atoms with E-state index in [1.165, 1.54) is 32.1 Å². The predicted octanol–water partition coefficient (Wildman–Crippen LogP) is 3.77. The van der Waals surface area contributed by atoms with E-state index in [0.717, 1.165) is 18.4 Å². The molecule has 0 atom stereocenters. The van der Waals surface area contributed by atoms with Crippen molar-refractivity contribution in [3.05, 3.63) is 35.6 Å². The fraction of sp³-hybridized carbons (Fsp3) is 0.625. The van der Waals surface area contributed by atoms with Gasteiger partial charge in [-0.1, -0.05) is 37.5 Å². The molecule has 98 valence electrons. The van der Waals surface area contributed by atoms with Crippen LogP contribution in [-0.2, 0) is 5.41 Å². The monoisotopic (exact) mass is 247 g/mol. The molecular weight excluding hydrogens is 225 g/mol. The van der Waals surface area contributed by atoms with E-state index in [9.17, 15) is 4.39 Å². The molecule has 2 aliphatic carbocycles. The van der Waals surface area contributed by atoms with Crippen molar-refractivity contribution in [2.24, 2.45) is 11.1 Å². The average molecular weight is 247 g/mol. The molecule has 0 aliphatic heterocycles. The number of hydrogen-bond donors (Lipinski definition) is 1. The van der Waals surface area contributed by atoms with Gasteiger partial charge in [0, 0.05) is 12.0 Å². The standard InChI is InChI=1S/C16H22FN/c17-14-7-3-2-6-13(14)16(12-18)10-15(11-16)8-4-1-5-9-15/h2-3,6-7H,1,4-5,8-12,18H2. The first kappa shape index (κ1) is 12.2. The quantitative estimate of drug-likeness (QED) is 0.846. The maximum absolute atomic E-state index is 14.0. The summed E-state index contributed by atoms with van der Waals surface area (Å²) in [6.45, 7) is 0.579. The molecule has 2 saturated carbocycles. The zero-order valence-corrected chi connectivity index (χ0v) is 10.9. The number of benzene rings is 1. The minimum absolute atomic E-state index is 0.0754. The number of nitrogens with two attached hydrogens (primary N) is 1. The van der Waals surface area contributed by atoms with Crippen LogP contribution in [0.4, 0.5) is 4.39 Å². The molecule has 1 spiro atoms. The van der Waals surface area contributed by atoms with Crippen molar-refractivity contribution in [3.8, 4) is 0 Å². The fourth-order valence-electron chi connectivity index (χ4n) is 4.38. The van der Waals surface area contributed by atoms with Crippen LogP contribution in [0.15, 0.2) is 24.3 Å². The largest absolute Gasteiger partial charge is 0.330 e. The van der Waals surface area contributed by atoms with Gasteiger partial charge in [-0.25, -0.2) is 4.39 Å². The van der Waals surface area contributed by atoms with Crippen LogP contribution >= 0.6 is 0 Å². The fourth-order valence-corrected chi connectivity index (χ4v) is 4.38. The number of rotatable bonds is 2. The van der Waals surface area contributed by atoms with E-state index in [4.69, 9.17) is 5.73 Å². The molecule has 1 aromatic carbocycles.